The molecule has 34 heavy (non-hydrogen) atoms. The third kappa shape index (κ3) is 6.01. The Labute approximate surface area is 196 Å². The molecule has 0 atom stereocenters. The van der Waals surface area contributed by atoms with Gasteiger partial charge in [-0.05, 0) is 50.1 Å². The van der Waals surface area contributed by atoms with Crippen LogP contribution in [-0.4, -0.2) is 69.5 Å². The first-order chi connectivity index (χ1) is 16.2. The van der Waals surface area contributed by atoms with E-state index < -0.39 is 18.4 Å². The van der Waals surface area contributed by atoms with Crippen LogP contribution in [0.25, 0.3) is 0 Å². The van der Waals surface area contributed by atoms with Gasteiger partial charge in [0.15, 0.2) is 0 Å². The number of aromatic carboxylic acids is 1. The average Bonchev–Trinajstić information content (AvgIpc) is 2.80. The summed E-state index contributed by atoms with van der Waals surface area (Å²) in [7, 11) is 0. The number of carboxylic acids is 1. The summed E-state index contributed by atoms with van der Waals surface area (Å²) < 4.78 is 0. The number of aliphatic imine (C=N–C) groups is 1. The van der Waals surface area contributed by atoms with Crippen molar-refractivity contribution in [3.05, 3.63) is 53.6 Å². The van der Waals surface area contributed by atoms with Gasteiger partial charge in [-0.15, -0.1) is 0 Å². The van der Waals surface area contributed by atoms with E-state index in [0.717, 1.165) is 25.9 Å². The average molecular weight is 469 g/mol. The molecule has 1 aliphatic heterocycles. The highest BCUT2D eigenvalue weighted by Crippen LogP contribution is 2.25. The molecular formula is C23H28N6O5. The molecule has 0 saturated carbocycles. The topological polar surface area (TPSA) is 176 Å². The van der Waals surface area contributed by atoms with Gasteiger partial charge in [-0.2, -0.15) is 0 Å². The first kappa shape index (κ1) is 24.5. The number of para-hydroxylation sites is 1. The SMILES string of the molecule is CC(=N)N1CCC(N=C(N)c2ccc(O)c(NC(=O)CN(O)c3ccccc3C(=O)O)c2)CC1. The number of piperidine rings is 1. The Morgan fingerprint density at radius 1 is 1.24 bits per heavy atom. The van der Waals surface area contributed by atoms with Crippen LogP contribution in [0, 0.1) is 5.41 Å². The molecule has 11 heteroatoms. The van der Waals surface area contributed by atoms with E-state index in [-0.39, 0.29) is 34.6 Å². The zero-order chi connectivity index (χ0) is 24.8. The van der Waals surface area contributed by atoms with E-state index in [1.807, 2.05) is 4.90 Å². The van der Waals surface area contributed by atoms with Crippen LogP contribution in [0.5, 0.6) is 5.75 Å². The van der Waals surface area contributed by atoms with E-state index in [2.05, 4.69) is 10.3 Å². The maximum absolute atomic E-state index is 12.5. The number of hydrogen-bond acceptors (Lipinski definition) is 7. The molecule has 11 nitrogen and oxygen atoms in total. The van der Waals surface area contributed by atoms with Gasteiger partial charge in [0.2, 0.25) is 5.91 Å². The molecule has 7 N–H and O–H groups in total. The molecule has 1 saturated heterocycles. The van der Waals surface area contributed by atoms with Gasteiger partial charge in [-0.3, -0.25) is 20.4 Å². The largest absolute Gasteiger partial charge is 0.506 e. The molecule has 1 aliphatic rings. The minimum Gasteiger partial charge on any atom is -0.506 e. The maximum atomic E-state index is 12.5. The van der Waals surface area contributed by atoms with Crippen molar-refractivity contribution < 1.29 is 25.0 Å². The van der Waals surface area contributed by atoms with E-state index >= 15 is 0 Å². The molecule has 2 aromatic carbocycles. The maximum Gasteiger partial charge on any atom is 0.337 e. The molecule has 1 heterocycles. The molecule has 1 amide bonds. The predicted molar refractivity (Wildman–Crippen MR) is 128 cm³/mol. The van der Waals surface area contributed by atoms with Gasteiger partial charge in [0.1, 0.15) is 18.1 Å². The van der Waals surface area contributed by atoms with Crippen molar-refractivity contribution in [3.63, 3.8) is 0 Å². The third-order valence-electron chi connectivity index (χ3n) is 5.53. The number of nitrogens with one attached hydrogen (secondary N) is 2. The summed E-state index contributed by atoms with van der Waals surface area (Å²) in [6.45, 7) is 2.65. The summed E-state index contributed by atoms with van der Waals surface area (Å²) in [6, 6.07) is 10.2. The third-order valence-corrected chi connectivity index (χ3v) is 5.53. The monoisotopic (exact) mass is 468 g/mol. The van der Waals surface area contributed by atoms with Crippen LogP contribution in [0.3, 0.4) is 0 Å². The summed E-state index contributed by atoms with van der Waals surface area (Å²) in [5.74, 6) is -1.33. The molecule has 1 fully saturated rings. The lowest BCUT2D eigenvalue weighted by Gasteiger charge is -2.31. The number of hydrogen-bond donors (Lipinski definition) is 6. The second kappa shape index (κ2) is 10.7. The fourth-order valence-electron chi connectivity index (χ4n) is 3.69. The van der Waals surface area contributed by atoms with Crippen LogP contribution in [0.15, 0.2) is 47.5 Å². The fourth-order valence-corrected chi connectivity index (χ4v) is 3.69. The number of likely N-dealkylation sites (tertiary alicyclic amines) is 1. The van der Waals surface area contributed by atoms with Crippen molar-refractivity contribution in [1.29, 1.82) is 5.41 Å². The zero-order valence-electron chi connectivity index (χ0n) is 18.7. The van der Waals surface area contributed by atoms with E-state index in [1.165, 1.54) is 36.4 Å². The number of anilines is 2. The number of amides is 1. The standard InChI is InChI=1S/C23H28N6O5/c1-14(24)28-10-8-16(9-11-28)26-22(25)15-6-7-20(30)18(12-15)27-21(31)13-29(34)19-5-3-2-4-17(19)23(32)33/h2-7,12,16,24,30,34H,8-11,13H2,1H3,(H2,25,26)(H,27,31)(H,32,33). The van der Waals surface area contributed by atoms with E-state index in [9.17, 15) is 25.0 Å². The normalized spacial score (nSPS) is 14.5. The number of carbonyl (C=O) groups is 2. The number of nitrogens with zero attached hydrogens (tertiary/aromatic N) is 3. The van der Waals surface area contributed by atoms with Gasteiger partial charge >= 0.3 is 5.97 Å². The number of carboxylic acid groups (broad SMARTS) is 1. The molecule has 3 rings (SSSR count). The number of rotatable bonds is 7. The lowest BCUT2D eigenvalue weighted by molar-refractivity contribution is -0.115. The molecule has 0 radical (unpaired) electrons. The van der Waals surface area contributed by atoms with Crippen LogP contribution in [-0.2, 0) is 4.79 Å². The van der Waals surface area contributed by atoms with Crippen molar-refractivity contribution in [2.45, 2.75) is 25.8 Å². The van der Waals surface area contributed by atoms with Crippen LogP contribution in [0.2, 0.25) is 0 Å². The van der Waals surface area contributed by atoms with Gasteiger partial charge in [0.25, 0.3) is 0 Å². The van der Waals surface area contributed by atoms with Gasteiger partial charge < -0.3 is 26.2 Å². The van der Waals surface area contributed by atoms with Gasteiger partial charge in [0, 0.05) is 18.7 Å². The van der Waals surface area contributed by atoms with Crippen molar-refractivity contribution >= 4 is 34.9 Å². The van der Waals surface area contributed by atoms with Crippen LogP contribution >= 0.6 is 0 Å². The van der Waals surface area contributed by atoms with Gasteiger partial charge in [-0.25, -0.2) is 9.86 Å². The van der Waals surface area contributed by atoms with Crippen molar-refractivity contribution in [1.82, 2.24) is 4.90 Å². The Bertz CT molecular complexity index is 1110. The Morgan fingerprint density at radius 3 is 2.56 bits per heavy atom. The number of nitrogens with two attached hydrogens (primary N) is 1. The fraction of sp³-hybridized carbons (Fsp3) is 0.304. The number of carbonyl (C=O) groups excluding carboxylic acids is 1. The molecule has 180 valence electrons. The van der Waals surface area contributed by atoms with E-state index in [0.29, 0.717) is 16.5 Å². The number of aromatic hydroxyl groups is 1. The Morgan fingerprint density at radius 2 is 1.91 bits per heavy atom. The van der Waals surface area contributed by atoms with E-state index in [1.54, 1.807) is 13.0 Å². The lowest BCUT2D eigenvalue weighted by Crippen LogP contribution is -2.38. The summed E-state index contributed by atoms with van der Waals surface area (Å²) in [6.07, 6.45) is 1.53. The lowest BCUT2D eigenvalue weighted by atomic mass is 10.1. The predicted octanol–water partition coefficient (Wildman–Crippen LogP) is 2.09. The minimum absolute atomic E-state index is 0.0136. The van der Waals surface area contributed by atoms with Gasteiger partial charge in [0.05, 0.1) is 28.8 Å². The summed E-state index contributed by atoms with van der Waals surface area (Å²) in [4.78, 5) is 30.3. The molecule has 2 aromatic rings. The van der Waals surface area contributed by atoms with Crippen molar-refractivity contribution in [2.24, 2.45) is 10.7 Å². The molecular weight excluding hydrogens is 440 g/mol. The zero-order valence-corrected chi connectivity index (χ0v) is 18.7. The summed E-state index contributed by atoms with van der Waals surface area (Å²) >= 11 is 0. The highest BCUT2D eigenvalue weighted by atomic mass is 16.5. The van der Waals surface area contributed by atoms with Crippen molar-refractivity contribution in [2.75, 3.05) is 30.0 Å². The number of benzene rings is 2. The Hall–Kier alpha value is -4.12. The minimum atomic E-state index is -1.24. The van der Waals surface area contributed by atoms with E-state index in [4.69, 9.17) is 11.1 Å². The second-order valence-corrected chi connectivity index (χ2v) is 7.98. The number of phenolic OH excluding ortho intramolecular Hbond substituents is 1. The molecule has 0 aromatic heterocycles. The Balaban J connectivity index is 1.67. The van der Waals surface area contributed by atoms with Crippen LogP contribution in [0.4, 0.5) is 11.4 Å². The number of hydroxylamine groups is 1. The van der Waals surface area contributed by atoms with Crippen molar-refractivity contribution in [3.8, 4) is 5.75 Å². The number of amidine groups is 2. The second-order valence-electron chi connectivity index (χ2n) is 7.98. The van der Waals surface area contributed by atoms with Gasteiger partial charge in [-0.1, -0.05) is 12.1 Å². The Kier molecular flexibility index (Phi) is 7.69. The molecule has 0 unspecified atom stereocenters. The molecule has 0 bridgehead atoms. The van der Waals surface area contributed by atoms with Crippen LogP contribution in [0.1, 0.15) is 35.7 Å². The molecule has 0 aliphatic carbocycles. The summed E-state index contributed by atoms with van der Waals surface area (Å²) in [5.41, 5.74) is 6.56. The smallest absolute Gasteiger partial charge is 0.337 e. The first-order valence-electron chi connectivity index (χ1n) is 10.7. The first-order valence-corrected chi connectivity index (χ1v) is 10.7. The highest BCUT2D eigenvalue weighted by Gasteiger charge is 2.20. The molecule has 0 spiro atoms. The summed E-state index contributed by atoms with van der Waals surface area (Å²) in [5, 5.41) is 40.4. The highest BCUT2D eigenvalue weighted by molar-refractivity contribution is 6.01. The quantitative estimate of drug-likeness (QED) is 0.155. The van der Waals surface area contributed by atoms with Crippen LogP contribution < -0.4 is 16.1 Å². The number of phenols is 1.